The lowest BCUT2D eigenvalue weighted by molar-refractivity contribution is 0.337. The van der Waals surface area contributed by atoms with Gasteiger partial charge < -0.3 is 0 Å². The van der Waals surface area contributed by atoms with Crippen LogP contribution in [0.15, 0.2) is 0 Å². The van der Waals surface area contributed by atoms with E-state index in [0.29, 0.717) is 0 Å². The average molecular weight is 226 g/mol. The topological polar surface area (TPSA) is 0 Å². The third kappa shape index (κ3) is 9.24. The molecule has 0 radical (unpaired) electrons. The van der Waals surface area contributed by atoms with E-state index in [-0.39, 0.29) is 0 Å². The van der Waals surface area contributed by atoms with E-state index >= 15 is 0 Å². The van der Waals surface area contributed by atoms with E-state index < -0.39 is 0 Å². The molecule has 0 heterocycles. The molecule has 0 heteroatoms. The van der Waals surface area contributed by atoms with Crippen molar-refractivity contribution in [2.24, 2.45) is 11.8 Å². The van der Waals surface area contributed by atoms with Crippen molar-refractivity contribution in [3.8, 4) is 0 Å². The molecular formula is C16H34. The fourth-order valence-corrected chi connectivity index (χ4v) is 2.68. The summed E-state index contributed by atoms with van der Waals surface area (Å²) in [4.78, 5) is 0. The predicted octanol–water partition coefficient (Wildman–Crippen LogP) is 6.20. The molecule has 0 aromatic rings. The van der Waals surface area contributed by atoms with Crippen LogP contribution >= 0.6 is 0 Å². The second kappa shape index (κ2) is 11.5. The van der Waals surface area contributed by atoms with Crippen LogP contribution in [0.25, 0.3) is 0 Å². The van der Waals surface area contributed by atoms with E-state index in [1.165, 1.54) is 64.2 Å². The Morgan fingerprint density at radius 1 is 0.750 bits per heavy atom. The van der Waals surface area contributed by atoms with Gasteiger partial charge in [0.15, 0.2) is 0 Å². The molecule has 0 aliphatic rings. The maximum Gasteiger partial charge on any atom is -0.0414 e. The molecule has 0 amide bonds. The van der Waals surface area contributed by atoms with Crippen molar-refractivity contribution < 1.29 is 0 Å². The number of unbranched alkanes of at least 4 members (excludes halogenated alkanes) is 4. The molecule has 0 rings (SSSR count). The molecule has 0 aromatic carbocycles. The first-order chi connectivity index (χ1) is 7.74. The minimum Gasteiger partial charge on any atom is -0.0654 e. The molecule has 0 saturated carbocycles. The molecule has 0 saturated heterocycles. The van der Waals surface area contributed by atoms with E-state index in [1.54, 1.807) is 0 Å². The van der Waals surface area contributed by atoms with Crippen molar-refractivity contribution in [1.29, 1.82) is 0 Å². The molecule has 2 unspecified atom stereocenters. The van der Waals surface area contributed by atoms with Crippen LogP contribution in [0.2, 0.25) is 0 Å². The van der Waals surface area contributed by atoms with Crippen LogP contribution in [-0.4, -0.2) is 0 Å². The molecule has 16 heavy (non-hydrogen) atoms. The van der Waals surface area contributed by atoms with Gasteiger partial charge in [-0.15, -0.1) is 0 Å². The maximum atomic E-state index is 2.46. The Morgan fingerprint density at radius 2 is 1.44 bits per heavy atom. The Bertz CT molecular complexity index is 128. The van der Waals surface area contributed by atoms with Crippen molar-refractivity contribution in [2.75, 3.05) is 0 Å². The van der Waals surface area contributed by atoms with E-state index in [2.05, 4.69) is 27.7 Å². The summed E-state index contributed by atoms with van der Waals surface area (Å²) in [5.41, 5.74) is 0. The zero-order valence-corrected chi connectivity index (χ0v) is 12.2. The Kier molecular flexibility index (Phi) is 11.5. The number of hydrogen-bond donors (Lipinski definition) is 0. The van der Waals surface area contributed by atoms with Crippen molar-refractivity contribution >= 4 is 0 Å². The highest BCUT2D eigenvalue weighted by Crippen LogP contribution is 2.24. The molecule has 2 atom stereocenters. The van der Waals surface area contributed by atoms with Gasteiger partial charge in [0.25, 0.3) is 0 Å². The highest BCUT2D eigenvalue weighted by molar-refractivity contribution is 4.62. The van der Waals surface area contributed by atoms with Gasteiger partial charge in [0, 0.05) is 0 Å². The Morgan fingerprint density at radius 3 is 2.00 bits per heavy atom. The van der Waals surface area contributed by atoms with Crippen LogP contribution in [0.1, 0.15) is 91.9 Å². The average Bonchev–Trinajstić information content (AvgIpc) is 2.28. The summed E-state index contributed by atoms with van der Waals surface area (Å²) in [5.74, 6) is 1.95. The van der Waals surface area contributed by atoms with E-state index in [9.17, 15) is 0 Å². The van der Waals surface area contributed by atoms with Gasteiger partial charge >= 0.3 is 0 Å². The molecule has 0 spiro atoms. The molecule has 0 aliphatic carbocycles. The molecule has 0 aromatic heterocycles. The van der Waals surface area contributed by atoms with Crippen LogP contribution in [0.4, 0.5) is 0 Å². The predicted molar refractivity (Wildman–Crippen MR) is 75.8 cm³/mol. The summed E-state index contributed by atoms with van der Waals surface area (Å²) < 4.78 is 0. The molecule has 0 N–H and O–H groups in total. The van der Waals surface area contributed by atoms with Crippen LogP contribution < -0.4 is 0 Å². The molecule has 0 nitrogen and oxygen atoms in total. The van der Waals surface area contributed by atoms with Crippen molar-refractivity contribution in [3.63, 3.8) is 0 Å². The quantitative estimate of drug-likeness (QED) is 0.368. The largest absolute Gasteiger partial charge is 0.0654 e. The van der Waals surface area contributed by atoms with E-state index in [0.717, 1.165) is 11.8 Å². The maximum absolute atomic E-state index is 2.46. The second-order valence-electron chi connectivity index (χ2n) is 5.61. The summed E-state index contributed by atoms with van der Waals surface area (Å²) >= 11 is 0. The van der Waals surface area contributed by atoms with Gasteiger partial charge in [0.2, 0.25) is 0 Å². The summed E-state index contributed by atoms with van der Waals surface area (Å²) in [6.07, 6.45) is 14.3. The van der Waals surface area contributed by atoms with Gasteiger partial charge in [-0.25, -0.2) is 0 Å². The fraction of sp³-hybridized carbons (Fsp3) is 1.00. The van der Waals surface area contributed by atoms with Gasteiger partial charge in [-0.3, -0.25) is 0 Å². The first kappa shape index (κ1) is 16.0. The highest BCUT2D eigenvalue weighted by Gasteiger charge is 2.10. The third-order valence-corrected chi connectivity index (χ3v) is 3.81. The zero-order chi connectivity index (χ0) is 12.2. The standard InChI is InChI=1S/C16H34/c1-5-8-9-10-11-13-15(4)14-16(7-3)12-6-2/h15-16H,5-14H2,1-4H3. The monoisotopic (exact) mass is 226 g/mol. The lowest BCUT2D eigenvalue weighted by Gasteiger charge is -2.19. The second-order valence-corrected chi connectivity index (χ2v) is 5.61. The normalized spacial score (nSPS) is 15.0. The first-order valence-electron chi connectivity index (χ1n) is 7.74. The van der Waals surface area contributed by atoms with Crippen molar-refractivity contribution in [2.45, 2.75) is 91.9 Å². The van der Waals surface area contributed by atoms with Crippen LogP contribution in [0.3, 0.4) is 0 Å². The first-order valence-corrected chi connectivity index (χ1v) is 7.74. The summed E-state index contributed by atoms with van der Waals surface area (Å²) in [5, 5.41) is 0. The van der Waals surface area contributed by atoms with Crippen LogP contribution in [0.5, 0.6) is 0 Å². The minimum absolute atomic E-state index is 0.957. The van der Waals surface area contributed by atoms with Gasteiger partial charge in [-0.2, -0.15) is 0 Å². The van der Waals surface area contributed by atoms with Crippen LogP contribution in [0, 0.1) is 11.8 Å². The fourth-order valence-electron chi connectivity index (χ4n) is 2.68. The smallest absolute Gasteiger partial charge is 0.0414 e. The van der Waals surface area contributed by atoms with Gasteiger partial charge in [0.1, 0.15) is 0 Å². The van der Waals surface area contributed by atoms with E-state index in [4.69, 9.17) is 0 Å². The Balaban J connectivity index is 3.44. The number of hydrogen-bond acceptors (Lipinski definition) is 0. The zero-order valence-electron chi connectivity index (χ0n) is 12.2. The molecule has 0 fully saturated rings. The van der Waals surface area contributed by atoms with Crippen molar-refractivity contribution in [1.82, 2.24) is 0 Å². The van der Waals surface area contributed by atoms with Gasteiger partial charge in [0.05, 0.1) is 0 Å². The lowest BCUT2D eigenvalue weighted by atomic mass is 9.87. The van der Waals surface area contributed by atoms with Gasteiger partial charge in [-0.1, -0.05) is 85.5 Å². The Labute approximate surface area is 104 Å². The molecular weight excluding hydrogens is 192 g/mol. The van der Waals surface area contributed by atoms with Crippen molar-refractivity contribution in [3.05, 3.63) is 0 Å². The number of rotatable bonds is 11. The lowest BCUT2D eigenvalue weighted by Crippen LogP contribution is -2.05. The summed E-state index contributed by atoms with van der Waals surface area (Å²) in [7, 11) is 0. The summed E-state index contributed by atoms with van der Waals surface area (Å²) in [6, 6.07) is 0. The third-order valence-electron chi connectivity index (χ3n) is 3.81. The van der Waals surface area contributed by atoms with Crippen LogP contribution in [-0.2, 0) is 0 Å². The molecule has 98 valence electrons. The SMILES string of the molecule is CCCCCCCC(C)CC(CC)CCC. The summed E-state index contributed by atoms with van der Waals surface area (Å²) in [6.45, 7) is 9.42. The highest BCUT2D eigenvalue weighted by atomic mass is 14.2. The molecule has 0 bridgehead atoms. The van der Waals surface area contributed by atoms with E-state index in [1.807, 2.05) is 0 Å². The van der Waals surface area contributed by atoms with Gasteiger partial charge in [-0.05, 0) is 18.3 Å². The Hall–Kier alpha value is 0. The molecule has 0 aliphatic heterocycles. The minimum atomic E-state index is 0.957.